The van der Waals surface area contributed by atoms with E-state index in [9.17, 15) is 13.2 Å². The van der Waals surface area contributed by atoms with Gasteiger partial charge in [0.1, 0.15) is 0 Å². The summed E-state index contributed by atoms with van der Waals surface area (Å²) in [6, 6.07) is 5.24. The lowest BCUT2D eigenvalue weighted by molar-refractivity contribution is -0.137. The Morgan fingerprint density at radius 2 is 2.00 bits per heavy atom. The van der Waals surface area contributed by atoms with Gasteiger partial charge in [0.2, 0.25) is 0 Å². The van der Waals surface area contributed by atoms with E-state index in [2.05, 4.69) is 22.8 Å². The minimum Gasteiger partial charge on any atom is -0.361 e. The molecule has 0 aliphatic rings. The minimum absolute atomic E-state index is 0.00807. The lowest BCUT2D eigenvalue weighted by Crippen LogP contribution is -2.32. The van der Waals surface area contributed by atoms with E-state index in [1.165, 1.54) is 18.2 Å². The van der Waals surface area contributed by atoms with Gasteiger partial charge in [-0.3, -0.25) is 5.43 Å². The number of benzene rings is 1. The molecule has 0 saturated heterocycles. The third kappa shape index (κ3) is 6.57. The molecule has 0 spiro atoms. The van der Waals surface area contributed by atoms with Crippen molar-refractivity contribution in [3.63, 3.8) is 0 Å². The van der Waals surface area contributed by atoms with Crippen LogP contribution in [0.3, 0.4) is 0 Å². The maximum Gasteiger partial charge on any atom is 0.417 e. The highest BCUT2D eigenvalue weighted by atomic mass is 32.1. The second-order valence-electron chi connectivity index (χ2n) is 4.42. The average Bonchev–Trinajstić information content (AvgIpc) is 2.43. The zero-order valence-corrected chi connectivity index (χ0v) is 12.5. The van der Waals surface area contributed by atoms with Crippen molar-refractivity contribution >= 4 is 23.5 Å². The largest absolute Gasteiger partial charge is 0.417 e. The van der Waals surface area contributed by atoms with Crippen LogP contribution in [-0.4, -0.2) is 17.9 Å². The van der Waals surface area contributed by atoms with Gasteiger partial charge < -0.3 is 5.32 Å². The molecule has 0 aliphatic carbocycles. The molecule has 0 bridgehead atoms. The van der Waals surface area contributed by atoms with Crippen LogP contribution >= 0.6 is 12.2 Å². The second-order valence-corrected chi connectivity index (χ2v) is 4.83. The maximum atomic E-state index is 12.8. The van der Waals surface area contributed by atoms with Gasteiger partial charge in [0.15, 0.2) is 5.11 Å². The number of halogens is 3. The summed E-state index contributed by atoms with van der Waals surface area (Å²) in [4.78, 5) is 0. The molecule has 0 atom stereocenters. The van der Waals surface area contributed by atoms with E-state index in [0.29, 0.717) is 11.7 Å². The molecule has 7 heteroatoms. The van der Waals surface area contributed by atoms with Crippen LogP contribution in [0.15, 0.2) is 29.4 Å². The standard InChI is InChI=1S/C14H18F3N3S/c1-2-3-6-9-18-13(21)20-19-10-11-7-4-5-8-12(11)14(15,16)17/h4-5,7-8,10H,2-3,6,9H2,1H3,(H2,18,20,21)/b19-10-. The molecule has 1 rings (SSSR count). The quantitative estimate of drug-likeness (QED) is 0.363. The van der Waals surface area contributed by atoms with Gasteiger partial charge in [0.25, 0.3) is 0 Å². The highest BCUT2D eigenvalue weighted by Gasteiger charge is 2.32. The highest BCUT2D eigenvalue weighted by molar-refractivity contribution is 7.80. The number of nitrogens with one attached hydrogen (secondary N) is 2. The fraction of sp³-hybridized carbons (Fsp3) is 0.429. The summed E-state index contributed by atoms with van der Waals surface area (Å²) in [7, 11) is 0. The van der Waals surface area contributed by atoms with Crippen LogP contribution < -0.4 is 10.7 Å². The molecule has 0 heterocycles. The van der Waals surface area contributed by atoms with Crippen LogP contribution in [-0.2, 0) is 6.18 Å². The first-order chi connectivity index (χ1) is 9.95. The first-order valence-electron chi connectivity index (χ1n) is 6.68. The smallest absolute Gasteiger partial charge is 0.361 e. The molecule has 0 amide bonds. The normalized spacial score (nSPS) is 11.6. The van der Waals surface area contributed by atoms with Crippen molar-refractivity contribution in [2.24, 2.45) is 5.10 Å². The van der Waals surface area contributed by atoms with Crippen molar-refractivity contribution in [1.29, 1.82) is 0 Å². The predicted octanol–water partition coefficient (Wildman–Crippen LogP) is 3.69. The molecule has 21 heavy (non-hydrogen) atoms. The van der Waals surface area contributed by atoms with E-state index in [-0.39, 0.29) is 5.56 Å². The summed E-state index contributed by atoms with van der Waals surface area (Å²) >= 11 is 4.97. The number of nitrogens with zero attached hydrogens (tertiary/aromatic N) is 1. The minimum atomic E-state index is -4.40. The summed E-state index contributed by atoms with van der Waals surface area (Å²) in [5.41, 5.74) is 1.78. The van der Waals surface area contributed by atoms with E-state index < -0.39 is 11.7 Å². The van der Waals surface area contributed by atoms with Gasteiger partial charge in [-0.15, -0.1) is 0 Å². The molecular weight excluding hydrogens is 299 g/mol. The van der Waals surface area contributed by atoms with Crippen LogP contribution in [0.2, 0.25) is 0 Å². The number of hydrogen-bond donors (Lipinski definition) is 2. The fourth-order valence-corrected chi connectivity index (χ4v) is 1.80. The lowest BCUT2D eigenvalue weighted by Gasteiger charge is -2.09. The summed E-state index contributed by atoms with van der Waals surface area (Å²) in [5.74, 6) is 0. The number of unbranched alkanes of at least 4 members (excludes halogenated alkanes) is 2. The monoisotopic (exact) mass is 317 g/mol. The molecule has 0 radical (unpaired) electrons. The maximum absolute atomic E-state index is 12.8. The first-order valence-corrected chi connectivity index (χ1v) is 7.09. The molecule has 0 saturated carbocycles. The average molecular weight is 317 g/mol. The lowest BCUT2D eigenvalue weighted by atomic mass is 10.1. The molecule has 0 unspecified atom stereocenters. The van der Waals surface area contributed by atoms with E-state index in [1.807, 2.05) is 0 Å². The summed E-state index contributed by atoms with van der Waals surface area (Å²) in [5, 5.41) is 6.97. The molecule has 3 nitrogen and oxygen atoms in total. The topological polar surface area (TPSA) is 36.4 Å². The van der Waals surface area contributed by atoms with E-state index in [4.69, 9.17) is 12.2 Å². The van der Waals surface area contributed by atoms with E-state index >= 15 is 0 Å². The Morgan fingerprint density at radius 3 is 2.67 bits per heavy atom. The molecule has 0 aliphatic heterocycles. The Bertz CT molecular complexity index is 487. The Morgan fingerprint density at radius 1 is 1.29 bits per heavy atom. The van der Waals surface area contributed by atoms with Crippen LogP contribution in [0.4, 0.5) is 13.2 Å². The SMILES string of the molecule is CCCCCNC(=S)N/N=C\c1ccccc1C(F)(F)F. The number of thiocarbonyl (C=S) groups is 1. The summed E-state index contributed by atoms with van der Waals surface area (Å²) in [6.07, 6.45) is -0.102. The number of alkyl halides is 3. The molecule has 1 aromatic rings. The predicted molar refractivity (Wildman–Crippen MR) is 82.3 cm³/mol. The first kappa shape index (κ1) is 17.4. The zero-order valence-electron chi connectivity index (χ0n) is 11.7. The van der Waals surface area contributed by atoms with Crippen molar-refractivity contribution in [1.82, 2.24) is 10.7 Å². The number of hydrazone groups is 1. The van der Waals surface area contributed by atoms with Gasteiger partial charge in [-0.25, -0.2) is 0 Å². The van der Waals surface area contributed by atoms with E-state index in [1.54, 1.807) is 0 Å². The van der Waals surface area contributed by atoms with Crippen molar-refractivity contribution < 1.29 is 13.2 Å². The van der Waals surface area contributed by atoms with Crippen LogP contribution in [0.1, 0.15) is 37.3 Å². The van der Waals surface area contributed by atoms with Crippen molar-refractivity contribution in [2.75, 3.05) is 6.54 Å². The van der Waals surface area contributed by atoms with Crippen LogP contribution in [0.5, 0.6) is 0 Å². The van der Waals surface area contributed by atoms with Gasteiger partial charge in [-0.1, -0.05) is 38.0 Å². The van der Waals surface area contributed by atoms with Gasteiger partial charge in [-0.2, -0.15) is 18.3 Å². The molecule has 2 N–H and O–H groups in total. The number of rotatable bonds is 6. The summed E-state index contributed by atoms with van der Waals surface area (Å²) < 4.78 is 38.3. The Kier molecular flexibility index (Phi) is 7.14. The molecular formula is C14H18F3N3S. The zero-order chi connectivity index (χ0) is 15.7. The third-order valence-corrected chi connectivity index (χ3v) is 2.94. The van der Waals surface area contributed by atoms with Crippen LogP contribution in [0, 0.1) is 0 Å². The van der Waals surface area contributed by atoms with Crippen molar-refractivity contribution in [2.45, 2.75) is 32.4 Å². The molecule has 116 valence electrons. The van der Waals surface area contributed by atoms with Crippen molar-refractivity contribution in [3.05, 3.63) is 35.4 Å². The Labute approximate surface area is 127 Å². The van der Waals surface area contributed by atoms with Crippen molar-refractivity contribution in [3.8, 4) is 0 Å². The Balaban J connectivity index is 2.52. The molecule has 0 aromatic heterocycles. The highest BCUT2D eigenvalue weighted by Crippen LogP contribution is 2.30. The Hall–Kier alpha value is -1.63. The molecule has 1 aromatic carbocycles. The fourth-order valence-electron chi connectivity index (χ4n) is 1.64. The van der Waals surface area contributed by atoms with Gasteiger partial charge >= 0.3 is 6.18 Å². The van der Waals surface area contributed by atoms with Gasteiger partial charge in [0.05, 0.1) is 11.8 Å². The number of hydrogen-bond acceptors (Lipinski definition) is 2. The molecule has 0 fully saturated rings. The third-order valence-electron chi connectivity index (χ3n) is 2.70. The second kappa shape index (κ2) is 8.61. The van der Waals surface area contributed by atoms with Crippen LogP contribution in [0.25, 0.3) is 0 Å². The summed E-state index contributed by atoms with van der Waals surface area (Å²) in [6.45, 7) is 2.81. The van der Waals surface area contributed by atoms with E-state index in [0.717, 1.165) is 31.5 Å². The van der Waals surface area contributed by atoms with Gasteiger partial charge in [-0.05, 0) is 24.7 Å². The van der Waals surface area contributed by atoms with Gasteiger partial charge in [0, 0.05) is 12.1 Å².